The highest BCUT2D eigenvalue weighted by Crippen LogP contribution is 2.45. The summed E-state index contributed by atoms with van der Waals surface area (Å²) >= 11 is 6.87. The molecule has 0 aromatic heterocycles. The zero-order valence-electron chi connectivity index (χ0n) is 14.0. The fraction of sp³-hybridized carbons (Fsp3) is 0.684. The quantitative estimate of drug-likeness (QED) is 0.595. The van der Waals surface area contributed by atoms with Gasteiger partial charge in [-0.25, -0.2) is 0 Å². The number of hydrogen-bond acceptors (Lipinski definition) is 1. The molecule has 1 fully saturated rings. The van der Waals surface area contributed by atoms with E-state index in [9.17, 15) is 0 Å². The van der Waals surface area contributed by atoms with E-state index in [1.54, 1.807) is 0 Å². The van der Waals surface area contributed by atoms with Crippen molar-refractivity contribution in [2.24, 2.45) is 0 Å². The Kier molecular flexibility index (Phi) is 5.73. The zero-order chi connectivity index (χ0) is 15.5. The van der Waals surface area contributed by atoms with Gasteiger partial charge in [-0.3, -0.25) is 0 Å². The molecular weight excluding hydrogens is 280 g/mol. The number of hydrogen-bond donors (Lipinski definition) is 0. The van der Waals surface area contributed by atoms with Crippen LogP contribution < -0.4 is 0 Å². The fourth-order valence-electron chi connectivity index (χ4n) is 3.53. The van der Waals surface area contributed by atoms with E-state index in [1.165, 1.54) is 28.7 Å². The smallest absolute Gasteiger partial charge is 0.0696 e. The van der Waals surface area contributed by atoms with E-state index in [0.717, 1.165) is 38.5 Å². The predicted molar refractivity (Wildman–Crippen MR) is 91.4 cm³/mol. The summed E-state index contributed by atoms with van der Waals surface area (Å²) in [6, 6.07) is 4.70. The molecule has 0 amide bonds. The molecule has 1 nitrogen and oxygen atoms in total. The Bertz CT molecular complexity index is 446. The minimum atomic E-state index is 0.0336. The molecule has 0 saturated heterocycles. The van der Waals surface area contributed by atoms with Crippen LogP contribution in [0.2, 0.25) is 0 Å². The van der Waals surface area contributed by atoms with Crippen LogP contribution >= 0.6 is 11.6 Å². The van der Waals surface area contributed by atoms with Crippen molar-refractivity contribution >= 4 is 11.6 Å². The Balaban J connectivity index is 2.32. The summed E-state index contributed by atoms with van der Waals surface area (Å²) in [5.74, 6) is 0. The molecule has 1 aromatic carbocycles. The molecule has 0 N–H and O–H groups in total. The molecule has 21 heavy (non-hydrogen) atoms. The summed E-state index contributed by atoms with van der Waals surface area (Å²) < 4.78 is 5.77. The molecule has 1 unspecified atom stereocenters. The van der Waals surface area contributed by atoms with Crippen molar-refractivity contribution in [1.82, 2.24) is 0 Å². The normalized spacial score (nSPS) is 18.3. The van der Waals surface area contributed by atoms with Gasteiger partial charge in [0, 0.05) is 7.11 Å². The predicted octanol–water partition coefficient (Wildman–Crippen LogP) is 5.61. The van der Waals surface area contributed by atoms with Gasteiger partial charge in [-0.05, 0) is 67.2 Å². The first-order valence-corrected chi connectivity index (χ1v) is 8.86. The van der Waals surface area contributed by atoms with E-state index in [0.29, 0.717) is 0 Å². The van der Waals surface area contributed by atoms with Crippen molar-refractivity contribution in [3.8, 4) is 0 Å². The summed E-state index contributed by atoms with van der Waals surface area (Å²) in [6.45, 7) is 6.69. The highest BCUT2D eigenvalue weighted by molar-refractivity contribution is 6.21. The number of ether oxygens (including phenoxy) is 1. The first-order chi connectivity index (χ1) is 10.1. The number of halogens is 1. The Labute approximate surface area is 135 Å². The molecule has 0 radical (unpaired) electrons. The number of aryl methyl sites for hydroxylation is 3. The lowest BCUT2D eigenvalue weighted by Gasteiger charge is -2.42. The van der Waals surface area contributed by atoms with Crippen molar-refractivity contribution in [1.29, 1.82) is 0 Å². The van der Waals surface area contributed by atoms with E-state index < -0.39 is 0 Å². The van der Waals surface area contributed by atoms with E-state index in [-0.39, 0.29) is 11.0 Å². The summed E-state index contributed by atoms with van der Waals surface area (Å²) in [7, 11) is 1.84. The van der Waals surface area contributed by atoms with Gasteiger partial charge in [0.1, 0.15) is 0 Å². The van der Waals surface area contributed by atoms with E-state index in [4.69, 9.17) is 16.3 Å². The third-order valence-electron chi connectivity index (χ3n) is 5.14. The second-order valence-electron chi connectivity index (χ2n) is 6.30. The lowest BCUT2D eigenvalue weighted by molar-refractivity contribution is -0.0780. The molecule has 1 aromatic rings. The lowest BCUT2D eigenvalue weighted by Crippen LogP contribution is -2.40. The van der Waals surface area contributed by atoms with Crippen LogP contribution in [0.4, 0.5) is 0 Å². The van der Waals surface area contributed by atoms with Gasteiger partial charge in [-0.15, -0.1) is 11.6 Å². The van der Waals surface area contributed by atoms with Gasteiger partial charge in [0.25, 0.3) is 0 Å². The molecule has 0 aliphatic heterocycles. The zero-order valence-corrected chi connectivity index (χ0v) is 14.7. The maximum absolute atomic E-state index is 6.87. The Morgan fingerprint density at radius 1 is 1.10 bits per heavy atom. The third kappa shape index (κ3) is 3.46. The number of rotatable bonds is 7. The van der Waals surface area contributed by atoms with E-state index in [2.05, 4.69) is 32.9 Å². The van der Waals surface area contributed by atoms with Crippen LogP contribution in [0.1, 0.15) is 74.1 Å². The molecule has 1 aliphatic carbocycles. The minimum Gasteiger partial charge on any atom is -0.378 e. The van der Waals surface area contributed by atoms with Gasteiger partial charge in [0.05, 0.1) is 11.0 Å². The fourth-order valence-corrected chi connectivity index (χ4v) is 4.10. The second-order valence-corrected chi connectivity index (χ2v) is 6.83. The monoisotopic (exact) mass is 308 g/mol. The van der Waals surface area contributed by atoms with Crippen LogP contribution in [-0.2, 0) is 24.0 Å². The van der Waals surface area contributed by atoms with Gasteiger partial charge in [0.2, 0.25) is 0 Å². The molecule has 1 aliphatic rings. The molecule has 0 spiro atoms. The summed E-state index contributed by atoms with van der Waals surface area (Å²) in [6.07, 6.45) is 7.73. The molecule has 1 atom stereocenters. The van der Waals surface area contributed by atoms with Crippen molar-refractivity contribution in [3.05, 3.63) is 34.4 Å². The van der Waals surface area contributed by atoms with Gasteiger partial charge in [-0.1, -0.05) is 32.9 Å². The standard InChI is InChI=1S/C19H29ClO/c1-5-14-11-15(6-2)18(16(7-3)12-14)17(20)13-19(21-4)9-8-10-19/h11-12,17H,5-10,13H2,1-4H3. The maximum Gasteiger partial charge on any atom is 0.0696 e. The second kappa shape index (κ2) is 7.15. The molecule has 1 saturated carbocycles. The van der Waals surface area contributed by atoms with Gasteiger partial charge in [0.15, 0.2) is 0 Å². The number of benzene rings is 1. The van der Waals surface area contributed by atoms with Crippen molar-refractivity contribution < 1.29 is 4.74 Å². The highest BCUT2D eigenvalue weighted by Gasteiger charge is 2.39. The number of alkyl halides is 1. The van der Waals surface area contributed by atoms with E-state index in [1.807, 2.05) is 7.11 Å². The van der Waals surface area contributed by atoms with Crippen LogP contribution in [0.3, 0.4) is 0 Å². The third-order valence-corrected chi connectivity index (χ3v) is 5.52. The van der Waals surface area contributed by atoms with Crippen LogP contribution in [0.5, 0.6) is 0 Å². The van der Waals surface area contributed by atoms with Gasteiger partial charge in [-0.2, -0.15) is 0 Å². The van der Waals surface area contributed by atoms with E-state index >= 15 is 0 Å². The lowest BCUT2D eigenvalue weighted by atomic mass is 9.75. The summed E-state index contributed by atoms with van der Waals surface area (Å²) in [4.78, 5) is 0. The van der Waals surface area contributed by atoms with Crippen molar-refractivity contribution in [2.45, 2.75) is 76.7 Å². The molecule has 0 bridgehead atoms. The number of methoxy groups -OCH3 is 1. The van der Waals surface area contributed by atoms with Crippen molar-refractivity contribution in [2.75, 3.05) is 7.11 Å². The molecule has 118 valence electrons. The molecule has 0 heterocycles. The summed E-state index contributed by atoms with van der Waals surface area (Å²) in [5, 5.41) is 0.0704. The first-order valence-electron chi connectivity index (χ1n) is 8.42. The maximum atomic E-state index is 6.87. The average molecular weight is 309 g/mol. The van der Waals surface area contributed by atoms with Crippen LogP contribution in [-0.4, -0.2) is 12.7 Å². The largest absolute Gasteiger partial charge is 0.378 e. The summed E-state index contributed by atoms with van der Waals surface area (Å²) in [5.41, 5.74) is 5.70. The van der Waals surface area contributed by atoms with Gasteiger partial charge < -0.3 is 4.74 Å². The van der Waals surface area contributed by atoms with Crippen LogP contribution in [0.15, 0.2) is 12.1 Å². The van der Waals surface area contributed by atoms with Crippen molar-refractivity contribution in [3.63, 3.8) is 0 Å². The SMILES string of the molecule is CCc1cc(CC)c(C(Cl)CC2(OC)CCC2)c(CC)c1. The van der Waals surface area contributed by atoms with Crippen LogP contribution in [0.25, 0.3) is 0 Å². The Hall–Kier alpha value is -0.530. The van der Waals surface area contributed by atoms with Crippen LogP contribution in [0, 0.1) is 0 Å². The highest BCUT2D eigenvalue weighted by atomic mass is 35.5. The molecular formula is C19H29ClO. The Morgan fingerprint density at radius 3 is 2.00 bits per heavy atom. The minimum absolute atomic E-state index is 0.0336. The molecule has 2 heteroatoms. The average Bonchev–Trinajstić information content (AvgIpc) is 2.48. The Morgan fingerprint density at radius 2 is 1.67 bits per heavy atom. The molecule has 2 rings (SSSR count). The van der Waals surface area contributed by atoms with Gasteiger partial charge >= 0.3 is 0 Å². The topological polar surface area (TPSA) is 9.23 Å². The first kappa shape index (κ1) is 16.8.